The number of carbonyl (C=O) groups excluding carboxylic acids is 1. The summed E-state index contributed by atoms with van der Waals surface area (Å²) in [6, 6.07) is 7.99. The van der Waals surface area contributed by atoms with E-state index in [4.69, 9.17) is 0 Å². The van der Waals surface area contributed by atoms with E-state index < -0.39 is 6.10 Å². The lowest BCUT2D eigenvalue weighted by Gasteiger charge is -2.16. The molecule has 5 nitrogen and oxygen atoms in total. The highest BCUT2D eigenvalue weighted by Gasteiger charge is 2.17. The average molecular weight is 301 g/mol. The number of hydrogen-bond donors (Lipinski definition) is 3. The summed E-state index contributed by atoms with van der Waals surface area (Å²) in [5.41, 5.74) is 1.95. The van der Waals surface area contributed by atoms with Gasteiger partial charge in [0.2, 0.25) is 0 Å². The number of nitrogens with one attached hydrogen (secondary N) is 2. The predicted octanol–water partition coefficient (Wildman–Crippen LogP) is 2.45. The Hall–Kier alpha value is -2.01. The number of carbonyl (C=O) groups is 1. The van der Waals surface area contributed by atoms with Crippen molar-refractivity contribution in [1.82, 2.24) is 15.2 Å². The van der Waals surface area contributed by atoms with Gasteiger partial charge in [0.25, 0.3) is 0 Å². The molecule has 2 aromatic rings. The van der Waals surface area contributed by atoms with Crippen molar-refractivity contribution in [3.05, 3.63) is 36.0 Å². The Morgan fingerprint density at radius 1 is 1.36 bits per heavy atom. The van der Waals surface area contributed by atoms with Crippen molar-refractivity contribution in [1.29, 1.82) is 0 Å². The first-order valence-electron chi connectivity index (χ1n) is 7.91. The minimum absolute atomic E-state index is 0.188. The summed E-state index contributed by atoms with van der Waals surface area (Å²) in [5.74, 6) is 0. The van der Waals surface area contributed by atoms with Crippen LogP contribution < -0.4 is 10.6 Å². The number of aromatic nitrogens is 1. The van der Waals surface area contributed by atoms with Crippen LogP contribution in [0.15, 0.2) is 30.5 Å². The molecule has 2 amide bonds. The quantitative estimate of drug-likeness (QED) is 0.812. The molecule has 1 fully saturated rings. The van der Waals surface area contributed by atoms with Crippen LogP contribution in [0.2, 0.25) is 0 Å². The van der Waals surface area contributed by atoms with E-state index in [0.29, 0.717) is 0 Å². The fraction of sp³-hybridized carbons (Fsp3) is 0.471. The third-order valence-corrected chi connectivity index (χ3v) is 4.44. The van der Waals surface area contributed by atoms with Crippen LogP contribution in [0.5, 0.6) is 0 Å². The van der Waals surface area contributed by atoms with Gasteiger partial charge in [0.1, 0.15) is 0 Å². The van der Waals surface area contributed by atoms with Gasteiger partial charge in [-0.15, -0.1) is 0 Å². The van der Waals surface area contributed by atoms with Crippen LogP contribution in [0.4, 0.5) is 4.79 Å². The standard InChI is InChI=1S/C17H23N3O2/c1-20-9-8-12-10-13(6-7-15(12)20)16(21)11-18-17(22)19-14-4-2-3-5-14/h6-10,14,16,21H,2-5,11H2,1H3,(H2,18,19,22)/t16-/m1/s1. The molecule has 0 aliphatic heterocycles. The maximum Gasteiger partial charge on any atom is 0.315 e. The molecule has 0 unspecified atom stereocenters. The maximum absolute atomic E-state index is 11.8. The molecule has 0 radical (unpaired) electrons. The zero-order chi connectivity index (χ0) is 15.5. The maximum atomic E-state index is 11.8. The molecule has 22 heavy (non-hydrogen) atoms. The van der Waals surface area contributed by atoms with Gasteiger partial charge in [0.15, 0.2) is 0 Å². The summed E-state index contributed by atoms with van der Waals surface area (Å²) in [6.07, 6.45) is 5.78. The van der Waals surface area contributed by atoms with E-state index in [-0.39, 0.29) is 18.6 Å². The molecule has 3 N–H and O–H groups in total. The van der Waals surface area contributed by atoms with Gasteiger partial charge in [0, 0.05) is 31.3 Å². The SMILES string of the molecule is Cn1ccc2cc([C@H](O)CNC(=O)NC3CCCC3)ccc21. The molecular formula is C17H23N3O2. The van der Waals surface area contributed by atoms with E-state index in [2.05, 4.69) is 10.6 Å². The predicted molar refractivity (Wildman–Crippen MR) is 86.7 cm³/mol. The lowest BCUT2D eigenvalue weighted by molar-refractivity contribution is 0.172. The molecule has 1 aromatic carbocycles. The second-order valence-electron chi connectivity index (χ2n) is 6.10. The summed E-state index contributed by atoms with van der Waals surface area (Å²) in [4.78, 5) is 11.8. The number of rotatable bonds is 4. The van der Waals surface area contributed by atoms with Crippen LogP contribution in [0.1, 0.15) is 37.4 Å². The zero-order valence-electron chi connectivity index (χ0n) is 12.9. The molecule has 1 aliphatic carbocycles. The van der Waals surface area contributed by atoms with Crippen LogP contribution in [-0.4, -0.2) is 28.3 Å². The Morgan fingerprint density at radius 3 is 2.91 bits per heavy atom. The number of benzene rings is 1. The third-order valence-electron chi connectivity index (χ3n) is 4.44. The van der Waals surface area contributed by atoms with Crippen molar-refractivity contribution < 1.29 is 9.90 Å². The first-order chi connectivity index (χ1) is 10.6. The molecule has 3 rings (SSSR count). The molecule has 118 valence electrons. The highest BCUT2D eigenvalue weighted by molar-refractivity contribution is 5.81. The van der Waals surface area contributed by atoms with Gasteiger partial charge in [-0.1, -0.05) is 18.9 Å². The fourth-order valence-electron chi connectivity index (χ4n) is 3.12. The van der Waals surface area contributed by atoms with Crippen molar-refractivity contribution >= 4 is 16.9 Å². The van der Waals surface area contributed by atoms with Crippen molar-refractivity contribution in [2.75, 3.05) is 6.54 Å². The number of amides is 2. The van der Waals surface area contributed by atoms with Crippen LogP contribution in [0, 0.1) is 0 Å². The monoisotopic (exact) mass is 301 g/mol. The Labute approximate surface area is 130 Å². The molecular weight excluding hydrogens is 278 g/mol. The molecule has 1 heterocycles. The van der Waals surface area contributed by atoms with Gasteiger partial charge in [-0.3, -0.25) is 0 Å². The number of urea groups is 1. The number of fused-ring (bicyclic) bond motifs is 1. The first kappa shape index (κ1) is 14.9. The molecule has 0 bridgehead atoms. The van der Waals surface area contributed by atoms with Crippen molar-refractivity contribution in [3.63, 3.8) is 0 Å². The number of aliphatic hydroxyl groups excluding tert-OH is 1. The molecule has 1 atom stereocenters. The minimum Gasteiger partial charge on any atom is -0.387 e. The van der Waals surface area contributed by atoms with E-state index in [0.717, 1.165) is 29.3 Å². The largest absolute Gasteiger partial charge is 0.387 e. The molecule has 0 spiro atoms. The molecule has 1 saturated carbocycles. The lowest BCUT2D eigenvalue weighted by atomic mass is 10.1. The van der Waals surface area contributed by atoms with E-state index in [1.54, 1.807) is 0 Å². The summed E-state index contributed by atoms with van der Waals surface area (Å²) in [5, 5.41) is 17.0. The van der Waals surface area contributed by atoms with E-state index >= 15 is 0 Å². The van der Waals surface area contributed by atoms with Crippen molar-refractivity contribution in [3.8, 4) is 0 Å². The second-order valence-corrected chi connectivity index (χ2v) is 6.10. The first-order valence-corrected chi connectivity index (χ1v) is 7.91. The highest BCUT2D eigenvalue weighted by Crippen LogP contribution is 2.21. The fourth-order valence-corrected chi connectivity index (χ4v) is 3.12. The Morgan fingerprint density at radius 2 is 2.14 bits per heavy atom. The third kappa shape index (κ3) is 3.25. The topological polar surface area (TPSA) is 66.3 Å². The Kier molecular flexibility index (Phi) is 4.34. The van der Waals surface area contributed by atoms with Crippen LogP contribution in [-0.2, 0) is 7.05 Å². The molecule has 1 aromatic heterocycles. The number of aryl methyl sites for hydroxylation is 1. The van der Waals surface area contributed by atoms with E-state index in [1.807, 2.05) is 42.1 Å². The number of hydrogen-bond acceptors (Lipinski definition) is 2. The molecule has 0 saturated heterocycles. The normalized spacial score (nSPS) is 16.8. The van der Waals surface area contributed by atoms with Gasteiger partial charge < -0.3 is 20.3 Å². The molecule has 1 aliphatic rings. The Balaban J connectivity index is 1.55. The van der Waals surface area contributed by atoms with E-state index in [1.165, 1.54) is 12.8 Å². The van der Waals surface area contributed by atoms with Gasteiger partial charge in [-0.2, -0.15) is 0 Å². The smallest absolute Gasteiger partial charge is 0.315 e. The van der Waals surface area contributed by atoms with Gasteiger partial charge in [-0.05, 0) is 42.0 Å². The second kappa shape index (κ2) is 6.40. The summed E-state index contributed by atoms with van der Waals surface area (Å²) >= 11 is 0. The number of aliphatic hydroxyl groups is 1. The molecule has 5 heteroatoms. The summed E-state index contributed by atoms with van der Waals surface area (Å²) in [7, 11) is 1.99. The summed E-state index contributed by atoms with van der Waals surface area (Å²) < 4.78 is 2.04. The average Bonchev–Trinajstić information content (AvgIpc) is 3.15. The van der Waals surface area contributed by atoms with Gasteiger partial charge in [-0.25, -0.2) is 4.79 Å². The van der Waals surface area contributed by atoms with Gasteiger partial charge in [0.05, 0.1) is 6.10 Å². The lowest BCUT2D eigenvalue weighted by Crippen LogP contribution is -2.42. The zero-order valence-corrected chi connectivity index (χ0v) is 12.9. The summed E-state index contributed by atoms with van der Waals surface area (Å²) in [6.45, 7) is 0.219. The highest BCUT2D eigenvalue weighted by atomic mass is 16.3. The van der Waals surface area contributed by atoms with Gasteiger partial charge >= 0.3 is 6.03 Å². The van der Waals surface area contributed by atoms with E-state index in [9.17, 15) is 9.90 Å². The number of nitrogens with zero attached hydrogens (tertiary/aromatic N) is 1. The van der Waals surface area contributed by atoms with Crippen LogP contribution >= 0.6 is 0 Å². The van der Waals surface area contributed by atoms with Crippen LogP contribution in [0.3, 0.4) is 0 Å². The van der Waals surface area contributed by atoms with Crippen LogP contribution in [0.25, 0.3) is 10.9 Å². The van der Waals surface area contributed by atoms with Crippen molar-refractivity contribution in [2.45, 2.75) is 37.8 Å². The minimum atomic E-state index is -0.695. The Bertz CT molecular complexity index is 659. The van der Waals surface area contributed by atoms with Crippen molar-refractivity contribution in [2.24, 2.45) is 7.05 Å².